The van der Waals surface area contributed by atoms with E-state index in [9.17, 15) is 0 Å². The van der Waals surface area contributed by atoms with Crippen LogP contribution < -0.4 is 10.1 Å². The summed E-state index contributed by atoms with van der Waals surface area (Å²) in [4.78, 5) is 0. The lowest BCUT2D eigenvalue weighted by molar-refractivity contribution is 0.411. The normalized spacial score (nSPS) is 9.50. The molecule has 2 nitrogen and oxygen atoms in total. The van der Waals surface area contributed by atoms with E-state index in [1.807, 2.05) is 13.0 Å². The fourth-order valence-electron chi connectivity index (χ4n) is 1.47. The standard InChI is InChI=1S/C14H19NO/c1-5-15-8-6-7-13-9-12(3)14(16-4)10-11(13)2/h9-10,15H,5,8H2,1-4H3. The van der Waals surface area contributed by atoms with Gasteiger partial charge >= 0.3 is 0 Å². The number of ether oxygens (including phenoxy) is 1. The van der Waals surface area contributed by atoms with Gasteiger partial charge in [0.1, 0.15) is 5.75 Å². The zero-order valence-corrected chi connectivity index (χ0v) is 10.5. The summed E-state index contributed by atoms with van der Waals surface area (Å²) in [7, 11) is 1.69. The average molecular weight is 217 g/mol. The minimum Gasteiger partial charge on any atom is -0.496 e. The molecule has 0 fully saturated rings. The first-order valence-corrected chi connectivity index (χ1v) is 5.53. The summed E-state index contributed by atoms with van der Waals surface area (Å²) in [6.07, 6.45) is 0. The molecule has 86 valence electrons. The molecule has 0 amide bonds. The van der Waals surface area contributed by atoms with Gasteiger partial charge in [-0.1, -0.05) is 18.8 Å². The van der Waals surface area contributed by atoms with E-state index in [2.05, 4.69) is 37.1 Å². The Morgan fingerprint density at radius 3 is 2.62 bits per heavy atom. The lowest BCUT2D eigenvalue weighted by atomic mass is 10.0. The molecule has 16 heavy (non-hydrogen) atoms. The van der Waals surface area contributed by atoms with Crippen molar-refractivity contribution >= 4 is 0 Å². The third kappa shape index (κ3) is 3.29. The summed E-state index contributed by atoms with van der Waals surface area (Å²) < 4.78 is 5.26. The van der Waals surface area contributed by atoms with Crippen LogP contribution in [0.5, 0.6) is 5.75 Å². The minimum atomic E-state index is 0.737. The van der Waals surface area contributed by atoms with Crippen LogP contribution in [0.15, 0.2) is 12.1 Å². The van der Waals surface area contributed by atoms with E-state index < -0.39 is 0 Å². The Morgan fingerprint density at radius 1 is 1.25 bits per heavy atom. The Kier molecular flexibility index (Phi) is 4.88. The Bertz CT molecular complexity index is 413. The fraction of sp³-hybridized carbons (Fsp3) is 0.429. The molecule has 1 aromatic rings. The first kappa shape index (κ1) is 12.6. The largest absolute Gasteiger partial charge is 0.496 e. The highest BCUT2D eigenvalue weighted by atomic mass is 16.5. The first-order valence-electron chi connectivity index (χ1n) is 5.53. The van der Waals surface area contributed by atoms with Crippen molar-refractivity contribution in [1.29, 1.82) is 0 Å². The number of methoxy groups -OCH3 is 1. The van der Waals surface area contributed by atoms with Crippen LogP contribution in [0.2, 0.25) is 0 Å². The van der Waals surface area contributed by atoms with E-state index in [1.165, 1.54) is 0 Å². The predicted octanol–water partition coefficient (Wildman–Crippen LogP) is 2.27. The fourth-order valence-corrected chi connectivity index (χ4v) is 1.47. The second-order valence-corrected chi connectivity index (χ2v) is 3.72. The third-order valence-electron chi connectivity index (χ3n) is 2.43. The van der Waals surface area contributed by atoms with Crippen molar-refractivity contribution < 1.29 is 4.74 Å². The van der Waals surface area contributed by atoms with Crippen molar-refractivity contribution in [3.8, 4) is 17.6 Å². The van der Waals surface area contributed by atoms with Crippen molar-refractivity contribution in [2.75, 3.05) is 20.2 Å². The molecule has 1 rings (SSSR count). The molecule has 0 aliphatic heterocycles. The number of hydrogen-bond donors (Lipinski definition) is 1. The highest BCUT2D eigenvalue weighted by Gasteiger charge is 2.02. The van der Waals surface area contributed by atoms with E-state index in [-0.39, 0.29) is 0 Å². The Morgan fingerprint density at radius 2 is 2.00 bits per heavy atom. The van der Waals surface area contributed by atoms with E-state index in [0.717, 1.165) is 35.5 Å². The van der Waals surface area contributed by atoms with E-state index in [4.69, 9.17) is 4.74 Å². The minimum absolute atomic E-state index is 0.737. The van der Waals surface area contributed by atoms with Crippen LogP contribution in [0.1, 0.15) is 23.6 Å². The second kappa shape index (κ2) is 6.19. The van der Waals surface area contributed by atoms with Crippen LogP contribution in [0, 0.1) is 25.7 Å². The van der Waals surface area contributed by atoms with E-state index in [0.29, 0.717) is 0 Å². The molecule has 0 spiro atoms. The van der Waals surface area contributed by atoms with Gasteiger partial charge in [-0.25, -0.2) is 0 Å². The van der Waals surface area contributed by atoms with Crippen LogP contribution in [-0.4, -0.2) is 20.2 Å². The molecule has 0 heterocycles. The highest BCUT2D eigenvalue weighted by Crippen LogP contribution is 2.21. The molecule has 2 heteroatoms. The molecule has 0 aliphatic carbocycles. The van der Waals surface area contributed by atoms with Gasteiger partial charge in [-0.3, -0.25) is 0 Å². The smallest absolute Gasteiger partial charge is 0.122 e. The number of nitrogens with one attached hydrogen (secondary N) is 1. The van der Waals surface area contributed by atoms with Gasteiger partial charge < -0.3 is 10.1 Å². The van der Waals surface area contributed by atoms with Crippen molar-refractivity contribution in [2.24, 2.45) is 0 Å². The van der Waals surface area contributed by atoms with Crippen molar-refractivity contribution in [2.45, 2.75) is 20.8 Å². The highest BCUT2D eigenvalue weighted by molar-refractivity contribution is 5.48. The molecule has 0 saturated heterocycles. The van der Waals surface area contributed by atoms with Crippen molar-refractivity contribution in [3.05, 3.63) is 28.8 Å². The maximum absolute atomic E-state index is 5.26. The maximum Gasteiger partial charge on any atom is 0.122 e. The predicted molar refractivity (Wildman–Crippen MR) is 67.9 cm³/mol. The lowest BCUT2D eigenvalue weighted by Gasteiger charge is -2.07. The summed E-state index contributed by atoms with van der Waals surface area (Å²) in [6.45, 7) is 7.85. The number of aryl methyl sites for hydroxylation is 2. The number of benzene rings is 1. The summed E-state index contributed by atoms with van der Waals surface area (Å²) in [5, 5.41) is 3.18. The number of rotatable bonds is 3. The molecule has 0 radical (unpaired) electrons. The van der Waals surface area contributed by atoms with Gasteiger partial charge in [-0.2, -0.15) is 0 Å². The molecular weight excluding hydrogens is 198 g/mol. The molecule has 0 saturated carbocycles. The summed E-state index contributed by atoms with van der Waals surface area (Å²) in [5.74, 6) is 7.20. The molecule has 0 aromatic heterocycles. The van der Waals surface area contributed by atoms with Gasteiger partial charge in [-0.05, 0) is 43.7 Å². The van der Waals surface area contributed by atoms with E-state index >= 15 is 0 Å². The molecular formula is C14H19NO. The van der Waals surface area contributed by atoms with Crippen LogP contribution in [0.3, 0.4) is 0 Å². The monoisotopic (exact) mass is 217 g/mol. The van der Waals surface area contributed by atoms with Crippen LogP contribution in [0.25, 0.3) is 0 Å². The first-order chi connectivity index (χ1) is 7.69. The van der Waals surface area contributed by atoms with E-state index in [1.54, 1.807) is 7.11 Å². The SMILES string of the molecule is CCNCC#Cc1cc(C)c(OC)cc1C. The molecule has 0 aliphatic rings. The van der Waals surface area contributed by atoms with Gasteiger partial charge in [0.15, 0.2) is 0 Å². The Balaban J connectivity index is 2.87. The summed E-state index contributed by atoms with van der Waals surface area (Å²) in [5.41, 5.74) is 3.36. The second-order valence-electron chi connectivity index (χ2n) is 3.72. The third-order valence-corrected chi connectivity index (χ3v) is 2.43. The Labute approximate surface area is 98.0 Å². The average Bonchev–Trinajstić information content (AvgIpc) is 2.28. The molecule has 0 atom stereocenters. The van der Waals surface area contributed by atoms with Crippen LogP contribution >= 0.6 is 0 Å². The van der Waals surface area contributed by atoms with Gasteiger partial charge in [0.2, 0.25) is 0 Å². The van der Waals surface area contributed by atoms with Gasteiger partial charge in [-0.15, -0.1) is 0 Å². The van der Waals surface area contributed by atoms with Crippen LogP contribution in [0.4, 0.5) is 0 Å². The topological polar surface area (TPSA) is 21.3 Å². The maximum atomic E-state index is 5.26. The molecule has 0 bridgehead atoms. The Hall–Kier alpha value is -1.46. The molecule has 1 N–H and O–H groups in total. The lowest BCUT2D eigenvalue weighted by Crippen LogP contribution is -2.11. The van der Waals surface area contributed by atoms with Crippen molar-refractivity contribution in [3.63, 3.8) is 0 Å². The summed E-state index contributed by atoms with van der Waals surface area (Å²) >= 11 is 0. The zero-order valence-electron chi connectivity index (χ0n) is 10.5. The van der Waals surface area contributed by atoms with Gasteiger partial charge in [0, 0.05) is 5.56 Å². The summed E-state index contributed by atoms with van der Waals surface area (Å²) in [6, 6.07) is 4.11. The zero-order chi connectivity index (χ0) is 12.0. The van der Waals surface area contributed by atoms with Gasteiger partial charge in [0.25, 0.3) is 0 Å². The van der Waals surface area contributed by atoms with Crippen LogP contribution in [-0.2, 0) is 0 Å². The molecule has 0 unspecified atom stereocenters. The van der Waals surface area contributed by atoms with Crippen molar-refractivity contribution in [1.82, 2.24) is 5.32 Å². The molecule has 1 aromatic carbocycles. The quantitative estimate of drug-likeness (QED) is 0.619. The van der Waals surface area contributed by atoms with Gasteiger partial charge in [0.05, 0.1) is 13.7 Å². The number of hydrogen-bond acceptors (Lipinski definition) is 2.